The van der Waals surface area contributed by atoms with Crippen LogP contribution in [0.1, 0.15) is 24.3 Å². The molecule has 5 heteroatoms. The summed E-state index contributed by atoms with van der Waals surface area (Å²) in [5.41, 5.74) is 5.96. The predicted octanol–water partition coefficient (Wildman–Crippen LogP) is 1.87. The third-order valence-corrected chi connectivity index (χ3v) is 2.98. The highest BCUT2D eigenvalue weighted by Crippen LogP contribution is 2.53. The number of hydrogen-bond donors (Lipinski definition) is 1. The summed E-state index contributed by atoms with van der Waals surface area (Å²) in [6, 6.07) is 6.54. The van der Waals surface area contributed by atoms with E-state index in [2.05, 4.69) is 10.2 Å². The molecule has 4 nitrogen and oxygen atoms in total. The van der Waals surface area contributed by atoms with Crippen LogP contribution in [0.4, 0.5) is 10.4 Å². The molecular formula is C11H10FN3O. The van der Waals surface area contributed by atoms with Gasteiger partial charge in [0.05, 0.1) is 5.41 Å². The molecule has 1 aromatic carbocycles. The molecule has 2 aromatic rings. The fourth-order valence-corrected chi connectivity index (χ4v) is 1.97. The Kier molecular flexibility index (Phi) is 1.77. The number of rotatable bonds is 2. The number of aromatic nitrogens is 2. The van der Waals surface area contributed by atoms with Crippen molar-refractivity contribution < 1.29 is 8.81 Å². The number of halogens is 1. The Morgan fingerprint density at radius 3 is 2.69 bits per heavy atom. The van der Waals surface area contributed by atoms with Crippen LogP contribution in [0.15, 0.2) is 28.7 Å². The third-order valence-electron chi connectivity index (χ3n) is 2.98. The zero-order chi connectivity index (χ0) is 11.2. The first kappa shape index (κ1) is 9.33. The predicted molar refractivity (Wildman–Crippen MR) is 55.1 cm³/mol. The van der Waals surface area contributed by atoms with E-state index < -0.39 is 0 Å². The highest BCUT2D eigenvalue weighted by molar-refractivity contribution is 5.38. The summed E-state index contributed by atoms with van der Waals surface area (Å²) in [5, 5.41) is 7.53. The van der Waals surface area contributed by atoms with Gasteiger partial charge in [0.1, 0.15) is 5.82 Å². The molecule has 0 spiro atoms. The summed E-state index contributed by atoms with van der Waals surface area (Å²) in [4.78, 5) is 0. The Bertz CT molecular complexity index is 534. The fraction of sp³-hybridized carbons (Fsp3) is 0.273. The zero-order valence-electron chi connectivity index (χ0n) is 8.48. The Morgan fingerprint density at radius 1 is 1.31 bits per heavy atom. The summed E-state index contributed by atoms with van der Waals surface area (Å²) in [5.74, 6) is 0.229. The molecule has 1 aromatic heterocycles. The van der Waals surface area contributed by atoms with Crippen LogP contribution >= 0.6 is 0 Å². The van der Waals surface area contributed by atoms with Gasteiger partial charge in [0.15, 0.2) is 0 Å². The molecule has 0 bridgehead atoms. The van der Waals surface area contributed by atoms with Crippen molar-refractivity contribution in [2.24, 2.45) is 0 Å². The summed E-state index contributed by atoms with van der Waals surface area (Å²) in [6.45, 7) is 0. The highest BCUT2D eigenvalue weighted by Gasteiger charge is 2.50. The average Bonchev–Trinajstić information content (AvgIpc) is 2.97. The Hall–Kier alpha value is -1.91. The van der Waals surface area contributed by atoms with Crippen molar-refractivity contribution in [3.05, 3.63) is 41.5 Å². The molecule has 16 heavy (non-hydrogen) atoms. The summed E-state index contributed by atoms with van der Waals surface area (Å²) < 4.78 is 18.4. The molecule has 0 amide bonds. The van der Waals surface area contributed by atoms with Gasteiger partial charge in [0, 0.05) is 0 Å². The third kappa shape index (κ3) is 1.28. The first-order valence-corrected chi connectivity index (χ1v) is 5.06. The van der Waals surface area contributed by atoms with E-state index in [0.29, 0.717) is 5.89 Å². The maximum Gasteiger partial charge on any atom is 0.312 e. The van der Waals surface area contributed by atoms with Crippen molar-refractivity contribution in [1.29, 1.82) is 0 Å². The average molecular weight is 219 g/mol. The van der Waals surface area contributed by atoms with Gasteiger partial charge in [-0.15, -0.1) is 5.10 Å². The number of anilines is 1. The first-order valence-electron chi connectivity index (χ1n) is 5.06. The lowest BCUT2D eigenvalue weighted by molar-refractivity contribution is 0.474. The van der Waals surface area contributed by atoms with Crippen LogP contribution in [0.5, 0.6) is 0 Å². The second kappa shape index (κ2) is 3.04. The largest absolute Gasteiger partial charge is 0.407 e. The lowest BCUT2D eigenvalue weighted by atomic mass is 9.96. The molecule has 1 aliphatic carbocycles. The van der Waals surface area contributed by atoms with Crippen LogP contribution in [0.2, 0.25) is 0 Å². The van der Waals surface area contributed by atoms with Gasteiger partial charge < -0.3 is 10.2 Å². The molecule has 1 fully saturated rings. The van der Waals surface area contributed by atoms with Crippen molar-refractivity contribution in [3.8, 4) is 0 Å². The summed E-state index contributed by atoms with van der Waals surface area (Å²) in [7, 11) is 0. The van der Waals surface area contributed by atoms with E-state index in [0.717, 1.165) is 18.4 Å². The number of benzene rings is 1. The van der Waals surface area contributed by atoms with Gasteiger partial charge in [0.25, 0.3) is 0 Å². The Morgan fingerprint density at radius 2 is 2.12 bits per heavy atom. The van der Waals surface area contributed by atoms with E-state index >= 15 is 0 Å². The topological polar surface area (TPSA) is 64.9 Å². The van der Waals surface area contributed by atoms with Crippen LogP contribution in [0, 0.1) is 5.82 Å². The summed E-state index contributed by atoms with van der Waals surface area (Å²) in [6.07, 6.45) is 1.77. The molecule has 0 radical (unpaired) electrons. The van der Waals surface area contributed by atoms with Gasteiger partial charge >= 0.3 is 6.01 Å². The van der Waals surface area contributed by atoms with E-state index in [1.165, 1.54) is 12.1 Å². The van der Waals surface area contributed by atoms with E-state index in [1.807, 2.05) is 6.07 Å². The quantitative estimate of drug-likeness (QED) is 0.837. The van der Waals surface area contributed by atoms with Gasteiger partial charge in [-0.25, -0.2) is 4.39 Å². The molecule has 3 rings (SSSR count). The minimum atomic E-state index is -0.313. The Balaban J connectivity index is 2.06. The van der Waals surface area contributed by atoms with Crippen LogP contribution in [-0.2, 0) is 5.41 Å². The van der Waals surface area contributed by atoms with Gasteiger partial charge in [-0.2, -0.15) is 0 Å². The smallest absolute Gasteiger partial charge is 0.312 e. The lowest BCUT2D eigenvalue weighted by Crippen LogP contribution is -2.09. The molecule has 0 unspecified atom stereocenters. The molecule has 1 aliphatic rings. The van der Waals surface area contributed by atoms with Crippen molar-refractivity contribution in [2.75, 3.05) is 5.73 Å². The fourth-order valence-electron chi connectivity index (χ4n) is 1.97. The normalized spacial score (nSPS) is 17.3. The number of nitrogens with zero attached hydrogens (tertiary/aromatic N) is 2. The van der Waals surface area contributed by atoms with Crippen molar-refractivity contribution in [1.82, 2.24) is 10.2 Å². The van der Waals surface area contributed by atoms with E-state index in [9.17, 15) is 4.39 Å². The molecule has 2 N–H and O–H groups in total. The van der Waals surface area contributed by atoms with Gasteiger partial charge in [-0.05, 0) is 30.5 Å². The molecule has 0 atom stereocenters. The molecule has 1 heterocycles. The minimum absolute atomic E-state index is 0.0534. The number of nitrogens with two attached hydrogens (primary N) is 1. The van der Waals surface area contributed by atoms with Gasteiger partial charge in [-0.1, -0.05) is 17.2 Å². The highest BCUT2D eigenvalue weighted by atomic mass is 19.1. The second-order valence-electron chi connectivity index (χ2n) is 4.04. The van der Waals surface area contributed by atoms with E-state index in [4.69, 9.17) is 10.2 Å². The van der Waals surface area contributed by atoms with Crippen LogP contribution < -0.4 is 5.73 Å². The standard InChI is InChI=1S/C11H10FN3O/c12-8-3-1-2-7(6-8)11(4-5-11)9-14-15-10(13)16-9/h1-3,6H,4-5H2,(H2,13,15). The SMILES string of the molecule is Nc1nnc(C2(c3cccc(F)c3)CC2)o1. The van der Waals surface area contributed by atoms with Crippen LogP contribution in [0.3, 0.4) is 0 Å². The van der Waals surface area contributed by atoms with Crippen LogP contribution in [-0.4, -0.2) is 10.2 Å². The number of nitrogen functional groups attached to an aromatic ring is 1. The molecule has 0 aliphatic heterocycles. The van der Waals surface area contributed by atoms with Gasteiger partial charge in [0.2, 0.25) is 5.89 Å². The van der Waals surface area contributed by atoms with Crippen molar-refractivity contribution >= 4 is 6.01 Å². The lowest BCUT2D eigenvalue weighted by Gasteiger charge is -2.10. The van der Waals surface area contributed by atoms with Gasteiger partial charge in [-0.3, -0.25) is 0 Å². The number of hydrogen-bond acceptors (Lipinski definition) is 4. The maximum atomic E-state index is 13.2. The molecule has 82 valence electrons. The first-order chi connectivity index (χ1) is 7.71. The minimum Gasteiger partial charge on any atom is -0.407 e. The zero-order valence-corrected chi connectivity index (χ0v) is 8.48. The second-order valence-corrected chi connectivity index (χ2v) is 4.04. The maximum absolute atomic E-state index is 13.2. The van der Waals surface area contributed by atoms with E-state index in [-0.39, 0.29) is 17.2 Å². The van der Waals surface area contributed by atoms with E-state index in [1.54, 1.807) is 6.07 Å². The molecule has 0 saturated heterocycles. The van der Waals surface area contributed by atoms with Crippen LogP contribution in [0.25, 0.3) is 0 Å². The van der Waals surface area contributed by atoms with Crippen molar-refractivity contribution in [3.63, 3.8) is 0 Å². The summed E-state index contributed by atoms with van der Waals surface area (Å²) >= 11 is 0. The monoisotopic (exact) mass is 219 g/mol. The van der Waals surface area contributed by atoms with Crippen molar-refractivity contribution in [2.45, 2.75) is 18.3 Å². The molecule has 1 saturated carbocycles. The molecular weight excluding hydrogens is 209 g/mol. The Labute approximate surface area is 91.3 Å².